The van der Waals surface area contributed by atoms with Crippen molar-refractivity contribution in [2.45, 2.75) is 83.5 Å². The molecule has 3 rings (SSSR count). The zero-order valence-corrected chi connectivity index (χ0v) is 17.3. The fraction of sp³-hybridized carbons (Fsp3) is 0.652. The van der Waals surface area contributed by atoms with Crippen LogP contribution in [0, 0.1) is 10.8 Å². The maximum absolute atomic E-state index is 11.2. The number of aryl methyl sites for hydroxylation is 1. The molecule has 0 radical (unpaired) electrons. The van der Waals surface area contributed by atoms with E-state index >= 15 is 0 Å². The van der Waals surface area contributed by atoms with Crippen molar-refractivity contribution in [3.05, 3.63) is 17.2 Å². The van der Waals surface area contributed by atoms with Crippen molar-refractivity contribution in [3.63, 3.8) is 0 Å². The van der Waals surface area contributed by atoms with Gasteiger partial charge in [0.2, 0.25) is 0 Å². The molecule has 0 heterocycles. The van der Waals surface area contributed by atoms with E-state index in [-0.39, 0.29) is 17.2 Å². The molecule has 0 saturated heterocycles. The fourth-order valence-corrected chi connectivity index (χ4v) is 4.35. The molecule has 2 fully saturated rings. The summed E-state index contributed by atoms with van der Waals surface area (Å²) in [6.45, 7) is 0. The van der Waals surface area contributed by atoms with Crippen molar-refractivity contribution in [1.29, 1.82) is 0 Å². The van der Waals surface area contributed by atoms with E-state index in [0.717, 1.165) is 44.9 Å². The van der Waals surface area contributed by atoms with E-state index in [1.807, 2.05) is 0 Å². The zero-order chi connectivity index (χ0) is 21.9. The summed E-state index contributed by atoms with van der Waals surface area (Å²) < 4.78 is 0. The first-order valence-corrected chi connectivity index (χ1v) is 10.9. The summed E-state index contributed by atoms with van der Waals surface area (Å²) in [4.78, 5) is 22.4. The fourth-order valence-electron chi connectivity index (χ4n) is 4.35. The molecule has 1 aromatic rings. The Balaban J connectivity index is 1.49. The molecule has 2 aliphatic carbocycles. The molecule has 0 bridgehead atoms. The first-order valence-electron chi connectivity index (χ1n) is 10.9. The van der Waals surface area contributed by atoms with Crippen LogP contribution in [0.1, 0.15) is 81.8 Å². The van der Waals surface area contributed by atoms with Crippen molar-refractivity contribution < 1.29 is 35.1 Å². The third kappa shape index (κ3) is 4.82. The molecule has 0 unspecified atom stereocenters. The largest absolute Gasteiger partial charge is 0.507 e. The van der Waals surface area contributed by atoms with Crippen molar-refractivity contribution in [2.75, 3.05) is 0 Å². The average Bonchev–Trinajstić information content (AvgIpc) is 3.60. The smallest absolute Gasteiger partial charge is 0.309 e. The molecular weight excluding hydrogens is 388 g/mol. The van der Waals surface area contributed by atoms with Gasteiger partial charge in [-0.2, -0.15) is 0 Å². The Kier molecular flexibility index (Phi) is 6.48. The summed E-state index contributed by atoms with van der Waals surface area (Å²) >= 11 is 0. The summed E-state index contributed by atoms with van der Waals surface area (Å²) in [5.74, 6) is -2.01. The molecule has 0 amide bonds. The van der Waals surface area contributed by atoms with Crippen LogP contribution in [0.15, 0.2) is 6.07 Å². The van der Waals surface area contributed by atoms with E-state index in [9.17, 15) is 35.1 Å². The average molecular weight is 421 g/mol. The van der Waals surface area contributed by atoms with Crippen LogP contribution >= 0.6 is 0 Å². The lowest BCUT2D eigenvalue weighted by molar-refractivity contribution is -0.144. The van der Waals surface area contributed by atoms with Crippen molar-refractivity contribution in [1.82, 2.24) is 0 Å². The van der Waals surface area contributed by atoms with Gasteiger partial charge in [0.05, 0.1) is 10.8 Å². The first-order chi connectivity index (χ1) is 14.2. The number of hydrogen-bond donors (Lipinski definition) is 5. The predicted molar refractivity (Wildman–Crippen MR) is 110 cm³/mol. The monoisotopic (exact) mass is 420 g/mol. The molecule has 5 N–H and O–H groups in total. The van der Waals surface area contributed by atoms with Gasteiger partial charge in [0.1, 0.15) is 5.75 Å². The summed E-state index contributed by atoms with van der Waals surface area (Å²) in [5.41, 5.74) is -0.191. The molecule has 166 valence electrons. The van der Waals surface area contributed by atoms with Crippen LogP contribution in [0.3, 0.4) is 0 Å². The van der Waals surface area contributed by atoms with E-state index in [1.54, 1.807) is 0 Å². The van der Waals surface area contributed by atoms with Gasteiger partial charge in [0.15, 0.2) is 11.5 Å². The van der Waals surface area contributed by atoms with Crippen LogP contribution in [-0.4, -0.2) is 37.5 Å². The van der Waals surface area contributed by atoms with Crippen LogP contribution in [0.4, 0.5) is 0 Å². The highest BCUT2D eigenvalue weighted by Gasteiger charge is 2.49. The Morgan fingerprint density at radius 1 is 0.733 bits per heavy atom. The summed E-state index contributed by atoms with van der Waals surface area (Å²) in [6, 6.07) is 1.38. The highest BCUT2D eigenvalue weighted by molar-refractivity contribution is 5.78. The SMILES string of the molecule is O=C(O)C1(CCCCCc2c(O)c(O)cc(CCCCC3(C(=O)O)CC3)c2O)CC1. The minimum absolute atomic E-state index is 0.00568. The summed E-state index contributed by atoms with van der Waals surface area (Å²) in [7, 11) is 0. The number of phenols is 3. The molecule has 0 atom stereocenters. The molecular formula is C23H32O7. The van der Waals surface area contributed by atoms with Gasteiger partial charge in [-0.05, 0) is 75.8 Å². The van der Waals surface area contributed by atoms with E-state index < -0.39 is 22.8 Å². The molecule has 7 heteroatoms. The Morgan fingerprint density at radius 3 is 1.73 bits per heavy atom. The van der Waals surface area contributed by atoms with Gasteiger partial charge >= 0.3 is 11.9 Å². The predicted octanol–water partition coefficient (Wildman–Crippen LogP) is 4.35. The van der Waals surface area contributed by atoms with E-state index in [4.69, 9.17) is 0 Å². The normalized spacial score (nSPS) is 18.1. The van der Waals surface area contributed by atoms with Gasteiger partial charge in [0, 0.05) is 5.56 Å². The van der Waals surface area contributed by atoms with Gasteiger partial charge in [-0.1, -0.05) is 19.3 Å². The Morgan fingerprint density at radius 2 is 1.23 bits per heavy atom. The number of carbonyl (C=O) groups is 2. The second kappa shape index (κ2) is 8.74. The Bertz CT molecular complexity index is 806. The molecule has 0 spiro atoms. The summed E-state index contributed by atoms with van der Waals surface area (Å²) in [6.07, 6.45) is 8.81. The number of carboxylic acid groups (broad SMARTS) is 2. The lowest BCUT2D eigenvalue weighted by Crippen LogP contribution is -2.14. The number of rotatable bonds is 13. The minimum Gasteiger partial charge on any atom is -0.507 e. The number of hydrogen-bond acceptors (Lipinski definition) is 5. The van der Waals surface area contributed by atoms with Crippen molar-refractivity contribution in [3.8, 4) is 17.2 Å². The number of unbranched alkanes of at least 4 members (excludes halogenated alkanes) is 3. The topological polar surface area (TPSA) is 135 Å². The van der Waals surface area contributed by atoms with Gasteiger partial charge in [0.25, 0.3) is 0 Å². The second-order valence-electron chi connectivity index (χ2n) is 9.17. The highest BCUT2D eigenvalue weighted by atomic mass is 16.4. The third-order valence-electron chi connectivity index (χ3n) is 6.98. The van der Waals surface area contributed by atoms with Crippen molar-refractivity contribution >= 4 is 11.9 Å². The molecule has 2 saturated carbocycles. The van der Waals surface area contributed by atoms with Gasteiger partial charge in [-0.25, -0.2) is 0 Å². The van der Waals surface area contributed by atoms with E-state index in [2.05, 4.69) is 0 Å². The number of benzene rings is 1. The number of phenolic OH excluding ortho intramolecular Hbond substituents is 3. The molecule has 30 heavy (non-hydrogen) atoms. The molecule has 2 aliphatic rings. The lowest BCUT2D eigenvalue weighted by atomic mass is 9.94. The van der Waals surface area contributed by atoms with Crippen molar-refractivity contribution in [2.24, 2.45) is 10.8 Å². The molecule has 0 aromatic heterocycles. The van der Waals surface area contributed by atoms with Crippen LogP contribution in [0.5, 0.6) is 17.2 Å². The van der Waals surface area contributed by atoms with E-state index in [0.29, 0.717) is 49.7 Å². The Labute approximate surface area is 176 Å². The van der Waals surface area contributed by atoms with E-state index in [1.165, 1.54) is 6.07 Å². The van der Waals surface area contributed by atoms with Crippen LogP contribution in [0.2, 0.25) is 0 Å². The maximum atomic E-state index is 11.2. The van der Waals surface area contributed by atoms with Crippen LogP contribution < -0.4 is 0 Å². The van der Waals surface area contributed by atoms with Gasteiger partial charge in [-0.3, -0.25) is 9.59 Å². The highest BCUT2D eigenvalue weighted by Crippen LogP contribution is 2.51. The van der Waals surface area contributed by atoms with Gasteiger partial charge < -0.3 is 25.5 Å². The second-order valence-corrected chi connectivity index (χ2v) is 9.17. The third-order valence-corrected chi connectivity index (χ3v) is 6.98. The van der Waals surface area contributed by atoms with Crippen LogP contribution in [0.25, 0.3) is 0 Å². The standard InChI is InChI=1S/C23H32O7/c24-17-14-15(6-3-5-9-23(12-13-23)21(29)30)18(25)16(19(17)26)7-2-1-4-8-22(10-11-22)20(27)28/h14,24-26H,1-13H2,(H,27,28)(H,29,30). The minimum atomic E-state index is -0.731. The zero-order valence-electron chi connectivity index (χ0n) is 17.3. The lowest BCUT2D eigenvalue weighted by Gasteiger charge is -2.14. The quantitative estimate of drug-likeness (QED) is 0.182. The summed E-state index contributed by atoms with van der Waals surface area (Å²) in [5, 5.41) is 49.2. The molecule has 7 nitrogen and oxygen atoms in total. The number of carboxylic acids is 2. The van der Waals surface area contributed by atoms with Gasteiger partial charge in [-0.15, -0.1) is 0 Å². The van der Waals surface area contributed by atoms with Crippen LogP contribution in [-0.2, 0) is 22.4 Å². The maximum Gasteiger partial charge on any atom is 0.309 e. The first kappa shape index (κ1) is 22.2. The molecule has 0 aliphatic heterocycles. The molecule has 1 aromatic carbocycles. The number of aliphatic carboxylic acids is 2. The Hall–Kier alpha value is -2.44. The number of aromatic hydroxyl groups is 3.